The molecule has 3 nitrogen and oxygen atoms in total. The van der Waals surface area contributed by atoms with E-state index in [4.69, 9.17) is 14.6 Å². The van der Waals surface area contributed by atoms with E-state index in [9.17, 15) is 0 Å². The molecule has 2 aromatic rings. The molecule has 0 aliphatic heterocycles. The topological polar surface area (TPSA) is 38.7 Å². The molecular weight excluding hydrogens is 272 g/mol. The molecule has 0 fully saturated rings. The number of hydrogen-bond donors (Lipinski definition) is 1. The lowest BCUT2D eigenvalue weighted by atomic mass is 10.3. The van der Waals surface area contributed by atoms with Crippen molar-refractivity contribution in [3.05, 3.63) is 52.2 Å². The molecule has 0 saturated carbocycles. The SMILES string of the molecule is OCC#Cc1ccc(COCCOc2ccccc2)s1. The zero-order valence-electron chi connectivity index (χ0n) is 11.0. The van der Waals surface area contributed by atoms with Crippen molar-refractivity contribution in [1.82, 2.24) is 0 Å². The Kier molecular flexibility index (Phi) is 6.12. The second-order valence-corrected chi connectivity index (χ2v) is 5.11. The van der Waals surface area contributed by atoms with Crippen LogP contribution in [0.2, 0.25) is 0 Å². The number of benzene rings is 1. The Hall–Kier alpha value is -1.80. The normalized spacial score (nSPS) is 9.85. The zero-order chi connectivity index (χ0) is 14.0. The molecule has 1 aromatic heterocycles. The van der Waals surface area contributed by atoms with Crippen molar-refractivity contribution < 1.29 is 14.6 Å². The molecule has 0 aliphatic rings. The Morgan fingerprint density at radius 3 is 2.70 bits per heavy atom. The van der Waals surface area contributed by atoms with Crippen molar-refractivity contribution in [1.29, 1.82) is 0 Å². The summed E-state index contributed by atoms with van der Waals surface area (Å²) in [5.74, 6) is 6.36. The van der Waals surface area contributed by atoms with Crippen molar-refractivity contribution in [3.63, 3.8) is 0 Å². The second kappa shape index (κ2) is 8.39. The molecule has 1 aromatic carbocycles. The van der Waals surface area contributed by atoms with Gasteiger partial charge in [-0.15, -0.1) is 11.3 Å². The average Bonchev–Trinajstić information content (AvgIpc) is 2.94. The number of aliphatic hydroxyl groups is 1. The van der Waals surface area contributed by atoms with Gasteiger partial charge in [0.05, 0.1) is 18.1 Å². The minimum Gasteiger partial charge on any atom is -0.491 e. The van der Waals surface area contributed by atoms with Crippen LogP contribution in [0.1, 0.15) is 9.75 Å². The van der Waals surface area contributed by atoms with E-state index in [0.717, 1.165) is 15.5 Å². The van der Waals surface area contributed by atoms with E-state index in [2.05, 4.69) is 11.8 Å². The first kappa shape index (κ1) is 14.6. The van der Waals surface area contributed by atoms with Gasteiger partial charge in [-0.1, -0.05) is 30.0 Å². The van der Waals surface area contributed by atoms with Crippen LogP contribution in [0.5, 0.6) is 5.75 Å². The van der Waals surface area contributed by atoms with Crippen LogP contribution >= 0.6 is 11.3 Å². The summed E-state index contributed by atoms with van der Waals surface area (Å²) < 4.78 is 11.1. The Bertz CT molecular complexity index is 566. The van der Waals surface area contributed by atoms with Crippen LogP contribution in [0.15, 0.2) is 42.5 Å². The molecule has 0 atom stereocenters. The Morgan fingerprint density at radius 2 is 1.90 bits per heavy atom. The quantitative estimate of drug-likeness (QED) is 0.656. The highest BCUT2D eigenvalue weighted by molar-refractivity contribution is 7.12. The van der Waals surface area contributed by atoms with Crippen LogP contribution in [0, 0.1) is 11.8 Å². The molecule has 0 bridgehead atoms. The van der Waals surface area contributed by atoms with Crippen molar-refractivity contribution in [3.8, 4) is 17.6 Å². The fourth-order valence-corrected chi connectivity index (χ4v) is 2.38. The third-order valence-electron chi connectivity index (χ3n) is 2.44. The smallest absolute Gasteiger partial charge is 0.119 e. The van der Waals surface area contributed by atoms with Crippen LogP contribution in [0.4, 0.5) is 0 Å². The first-order chi connectivity index (χ1) is 9.88. The van der Waals surface area contributed by atoms with Gasteiger partial charge in [0.2, 0.25) is 0 Å². The van der Waals surface area contributed by atoms with Crippen molar-refractivity contribution >= 4 is 11.3 Å². The van der Waals surface area contributed by atoms with Crippen molar-refractivity contribution in [2.24, 2.45) is 0 Å². The van der Waals surface area contributed by atoms with Crippen LogP contribution in [-0.2, 0) is 11.3 Å². The van der Waals surface area contributed by atoms with Crippen LogP contribution in [-0.4, -0.2) is 24.9 Å². The number of thiophene rings is 1. The summed E-state index contributed by atoms with van der Waals surface area (Å²) >= 11 is 1.58. The summed E-state index contributed by atoms with van der Waals surface area (Å²) in [5, 5.41) is 8.62. The molecule has 1 N–H and O–H groups in total. The van der Waals surface area contributed by atoms with Crippen molar-refractivity contribution in [2.45, 2.75) is 6.61 Å². The van der Waals surface area contributed by atoms with Gasteiger partial charge in [0.25, 0.3) is 0 Å². The van der Waals surface area contributed by atoms with Gasteiger partial charge in [-0.25, -0.2) is 0 Å². The summed E-state index contributed by atoms with van der Waals surface area (Å²) in [6.45, 7) is 1.53. The summed E-state index contributed by atoms with van der Waals surface area (Å²) in [7, 11) is 0. The molecule has 0 amide bonds. The summed E-state index contributed by atoms with van der Waals surface area (Å²) in [5.41, 5.74) is 0. The highest BCUT2D eigenvalue weighted by Crippen LogP contribution is 2.16. The molecule has 0 saturated heterocycles. The lowest BCUT2D eigenvalue weighted by molar-refractivity contribution is 0.0905. The van der Waals surface area contributed by atoms with Crippen LogP contribution < -0.4 is 4.74 Å². The number of rotatable bonds is 6. The minimum atomic E-state index is -0.111. The number of hydrogen-bond acceptors (Lipinski definition) is 4. The highest BCUT2D eigenvalue weighted by Gasteiger charge is 1.98. The Labute approximate surface area is 122 Å². The molecule has 104 valence electrons. The first-order valence-corrected chi connectivity index (χ1v) is 7.14. The lowest BCUT2D eigenvalue weighted by Crippen LogP contribution is -2.06. The predicted octanol–water partition coefficient (Wildman–Crippen LogP) is 2.69. The Balaban J connectivity index is 1.65. The molecule has 4 heteroatoms. The maximum absolute atomic E-state index is 8.62. The molecule has 0 unspecified atom stereocenters. The van der Waals surface area contributed by atoms with Gasteiger partial charge in [0.1, 0.15) is 19.0 Å². The predicted molar refractivity (Wildman–Crippen MR) is 79.9 cm³/mol. The summed E-state index contributed by atoms with van der Waals surface area (Å²) in [6, 6.07) is 13.6. The van der Waals surface area contributed by atoms with E-state index in [1.165, 1.54) is 0 Å². The molecule has 0 aliphatic carbocycles. The second-order valence-electron chi connectivity index (χ2n) is 3.94. The van der Waals surface area contributed by atoms with E-state index >= 15 is 0 Å². The molecule has 2 rings (SSSR count). The van der Waals surface area contributed by atoms with Gasteiger partial charge in [-0.2, -0.15) is 0 Å². The summed E-state index contributed by atoms with van der Waals surface area (Å²) in [4.78, 5) is 2.06. The highest BCUT2D eigenvalue weighted by atomic mass is 32.1. The Morgan fingerprint density at radius 1 is 1.05 bits per heavy atom. The first-order valence-electron chi connectivity index (χ1n) is 6.32. The number of ether oxygens (including phenoxy) is 2. The van der Waals surface area contributed by atoms with Gasteiger partial charge >= 0.3 is 0 Å². The molecule has 0 spiro atoms. The minimum absolute atomic E-state index is 0.111. The van der Waals surface area contributed by atoms with Crippen LogP contribution in [0.3, 0.4) is 0 Å². The van der Waals surface area contributed by atoms with Gasteiger partial charge in [-0.3, -0.25) is 0 Å². The molecule has 20 heavy (non-hydrogen) atoms. The third kappa shape index (κ3) is 5.06. The maximum atomic E-state index is 8.62. The van der Waals surface area contributed by atoms with E-state index in [1.807, 2.05) is 42.5 Å². The molecule has 1 heterocycles. The number of aliphatic hydroxyl groups excluding tert-OH is 1. The zero-order valence-corrected chi connectivity index (χ0v) is 11.9. The monoisotopic (exact) mass is 288 g/mol. The van der Waals surface area contributed by atoms with E-state index in [-0.39, 0.29) is 6.61 Å². The van der Waals surface area contributed by atoms with Gasteiger partial charge in [0.15, 0.2) is 0 Å². The molecule has 0 radical (unpaired) electrons. The van der Waals surface area contributed by atoms with Gasteiger partial charge in [0, 0.05) is 4.88 Å². The van der Waals surface area contributed by atoms with E-state index < -0.39 is 0 Å². The van der Waals surface area contributed by atoms with E-state index in [0.29, 0.717) is 19.8 Å². The van der Waals surface area contributed by atoms with Crippen LogP contribution in [0.25, 0.3) is 0 Å². The largest absolute Gasteiger partial charge is 0.491 e. The van der Waals surface area contributed by atoms with Gasteiger partial charge in [-0.05, 0) is 24.3 Å². The maximum Gasteiger partial charge on any atom is 0.119 e. The fraction of sp³-hybridized carbons (Fsp3) is 0.250. The average molecular weight is 288 g/mol. The standard InChI is InChI=1S/C16H16O3S/c17-10-4-7-15-8-9-16(20-15)13-18-11-12-19-14-5-2-1-3-6-14/h1-3,5-6,8-9,17H,10-13H2. The third-order valence-corrected chi connectivity index (χ3v) is 3.41. The van der Waals surface area contributed by atoms with Gasteiger partial charge < -0.3 is 14.6 Å². The van der Waals surface area contributed by atoms with Crippen molar-refractivity contribution in [2.75, 3.05) is 19.8 Å². The number of para-hydroxylation sites is 1. The lowest BCUT2D eigenvalue weighted by Gasteiger charge is -2.06. The van der Waals surface area contributed by atoms with E-state index in [1.54, 1.807) is 11.3 Å². The molecular formula is C16H16O3S. The summed E-state index contributed by atoms with van der Waals surface area (Å²) in [6.07, 6.45) is 0. The fourth-order valence-electron chi connectivity index (χ4n) is 1.56.